The highest BCUT2D eigenvalue weighted by atomic mass is 16.8. The molecule has 1 aromatic rings. The smallest absolute Gasteiger partial charge is 0.408 e. The quantitative estimate of drug-likeness (QED) is 0.430. The average molecular weight is 341 g/mol. The van der Waals surface area contributed by atoms with Gasteiger partial charge in [-0.1, -0.05) is 12.1 Å². The van der Waals surface area contributed by atoms with E-state index in [-0.39, 0.29) is 12.1 Å². The molecule has 24 heavy (non-hydrogen) atoms. The largest absolute Gasteiger partial charge is 0.467 e. The van der Waals surface area contributed by atoms with Crippen LogP contribution in [0.3, 0.4) is 0 Å². The van der Waals surface area contributed by atoms with Gasteiger partial charge in [-0.15, -0.1) is 0 Å². The van der Waals surface area contributed by atoms with Crippen molar-refractivity contribution in [1.82, 2.24) is 10.1 Å². The van der Waals surface area contributed by atoms with Gasteiger partial charge in [-0.2, -0.15) is 10.4 Å². The Balaban J connectivity index is 2.83. The first kappa shape index (κ1) is 19.9. The second-order valence-corrected chi connectivity index (χ2v) is 6.51. The van der Waals surface area contributed by atoms with Crippen molar-refractivity contribution in [3.8, 4) is 0 Å². The third kappa shape index (κ3) is 6.53. The van der Waals surface area contributed by atoms with Crippen LogP contribution in [0.25, 0.3) is 0 Å². The van der Waals surface area contributed by atoms with Gasteiger partial charge in [0.05, 0.1) is 7.11 Å². The number of ether oxygens (including phenoxy) is 2. The summed E-state index contributed by atoms with van der Waals surface area (Å²) in [6.07, 6.45) is -0.545. The monoisotopic (exact) mass is 341 g/mol. The van der Waals surface area contributed by atoms with Crippen LogP contribution in [0.2, 0.25) is 0 Å². The van der Waals surface area contributed by atoms with E-state index in [1.807, 2.05) is 0 Å². The number of rotatable bonds is 5. The minimum atomic E-state index is -1.29. The predicted molar refractivity (Wildman–Crippen MR) is 86.6 cm³/mol. The number of benzene rings is 1. The maximum Gasteiger partial charge on any atom is 0.408 e. The number of methoxy groups -OCH3 is 1. The Morgan fingerprint density at radius 3 is 2.17 bits per heavy atom. The Bertz CT molecular complexity index is 572. The van der Waals surface area contributed by atoms with E-state index < -0.39 is 28.5 Å². The van der Waals surface area contributed by atoms with Crippen LogP contribution < -0.4 is 10.1 Å². The summed E-state index contributed by atoms with van der Waals surface area (Å²) in [5.74, 6) is -0.602. The lowest BCUT2D eigenvalue weighted by molar-refractivity contribution is -0.272. The second-order valence-electron chi connectivity index (χ2n) is 6.51. The number of quaternary nitrogens is 1. The molecule has 0 spiro atoms. The highest BCUT2D eigenvalue weighted by Crippen LogP contribution is 2.18. The summed E-state index contributed by atoms with van der Waals surface area (Å²) in [7, 11) is 2.42. The second kappa shape index (κ2) is 7.61. The Labute approximate surface area is 141 Å². The number of amides is 1. The third-order valence-corrected chi connectivity index (χ3v) is 3.04. The standard InChI is InChI=1S/C16H24N2O6/c1-16(2,3)24-15(20)17-13(14(19)23-5)10-11-6-8-12(9-7-11)18(4,21)22/h6-9,13,21-22H,10H2,1-5H3/p+1. The molecule has 0 aliphatic rings. The number of nitrogens with one attached hydrogen (secondary N) is 1. The molecule has 0 aliphatic carbocycles. The fraction of sp³-hybridized carbons (Fsp3) is 0.500. The molecule has 134 valence electrons. The number of carbonyl (C=O) groups is 2. The maximum atomic E-state index is 11.9. The van der Waals surface area contributed by atoms with E-state index in [1.165, 1.54) is 26.3 Å². The lowest BCUT2D eigenvalue weighted by Gasteiger charge is -2.22. The number of alkyl carbamates (subject to hydrolysis) is 1. The van der Waals surface area contributed by atoms with E-state index in [1.54, 1.807) is 32.9 Å². The molecule has 0 aromatic heterocycles. The average Bonchev–Trinajstić information content (AvgIpc) is 2.43. The Morgan fingerprint density at radius 2 is 1.75 bits per heavy atom. The Kier molecular flexibility index (Phi) is 6.30. The van der Waals surface area contributed by atoms with E-state index in [0.29, 0.717) is 5.56 Å². The van der Waals surface area contributed by atoms with Crippen LogP contribution in [0.5, 0.6) is 0 Å². The number of nitrogens with zero attached hydrogens (tertiary/aromatic N) is 1. The zero-order valence-electron chi connectivity index (χ0n) is 14.6. The first-order chi connectivity index (χ1) is 10.9. The Hall–Kier alpha value is -2.16. The predicted octanol–water partition coefficient (Wildman–Crippen LogP) is 2.01. The van der Waals surface area contributed by atoms with E-state index >= 15 is 0 Å². The summed E-state index contributed by atoms with van der Waals surface area (Å²) < 4.78 is 9.84. The van der Waals surface area contributed by atoms with Crippen molar-refractivity contribution in [2.24, 2.45) is 0 Å². The van der Waals surface area contributed by atoms with E-state index in [9.17, 15) is 20.0 Å². The molecule has 1 rings (SSSR count). The minimum Gasteiger partial charge on any atom is -0.467 e. The molecule has 0 saturated heterocycles. The van der Waals surface area contributed by atoms with Crippen LogP contribution in [-0.4, -0.2) is 48.3 Å². The van der Waals surface area contributed by atoms with Gasteiger partial charge in [0.2, 0.25) is 0 Å². The van der Waals surface area contributed by atoms with Crippen LogP contribution in [0.4, 0.5) is 10.5 Å². The minimum absolute atomic E-state index is 0.173. The summed E-state index contributed by atoms with van der Waals surface area (Å²) in [4.78, 5) is 22.4. The van der Waals surface area contributed by atoms with Crippen LogP contribution >= 0.6 is 0 Å². The van der Waals surface area contributed by atoms with Crippen LogP contribution in [0.1, 0.15) is 26.3 Å². The third-order valence-electron chi connectivity index (χ3n) is 3.04. The summed E-state index contributed by atoms with van der Waals surface area (Å²) >= 11 is 0. The lowest BCUT2D eigenvalue weighted by Crippen LogP contribution is -2.45. The van der Waals surface area contributed by atoms with E-state index in [4.69, 9.17) is 9.47 Å². The van der Waals surface area contributed by atoms with Crippen molar-refractivity contribution in [1.29, 1.82) is 0 Å². The van der Waals surface area contributed by atoms with Gasteiger partial charge in [0, 0.05) is 18.6 Å². The highest BCUT2D eigenvalue weighted by Gasteiger charge is 2.26. The van der Waals surface area contributed by atoms with Gasteiger partial charge in [-0.05, 0) is 31.1 Å². The number of esters is 1. The summed E-state index contributed by atoms with van der Waals surface area (Å²) in [5.41, 5.74) is 0.281. The lowest BCUT2D eigenvalue weighted by atomic mass is 10.1. The normalized spacial score (nSPS) is 13.1. The number of hydrogen-bond donors (Lipinski definition) is 3. The Morgan fingerprint density at radius 1 is 1.21 bits per heavy atom. The molecule has 0 fully saturated rings. The molecule has 3 N–H and O–H groups in total. The number of carbonyl (C=O) groups excluding carboxylic acids is 2. The molecule has 1 unspecified atom stereocenters. The summed E-state index contributed by atoms with van der Waals surface area (Å²) in [6.45, 7) is 5.16. The first-order valence-corrected chi connectivity index (χ1v) is 7.41. The number of hydroxylamine groups is 2. The van der Waals surface area contributed by atoms with Crippen molar-refractivity contribution in [3.05, 3.63) is 29.8 Å². The van der Waals surface area contributed by atoms with Crippen LogP contribution in [0, 0.1) is 0 Å². The SMILES string of the molecule is COC(=O)C(Cc1ccc([N+](C)(O)O)cc1)NC(=O)OC(C)(C)C. The van der Waals surface area contributed by atoms with Gasteiger partial charge in [0.15, 0.2) is 5.69 Å². The van der Waals surface area contributed by atoms with Gasteiger partial charge >= 0.3 is 12.1 Å². The van der Waals surface area contributed by atoms with Gasteiger partial charge < -0.3 is 14.8 Å². The van der Waals surface area contributed by atoms with Gasteiger partial charge in [-0.25, -0.2) is 9.59 Å². The molecular formula is C16H25N2O6+. The fourth-order valence-corrected chi connectivity index (χ4v) is 1.94. The molecule has 0 saturated carbocycles. The molecule has 1 aromatic carbocycles. The van der Waals surface area contributed by atoms with Crippen LogP contribution in [0.15, 0.2) is 24.3 Å². The number of hydrogen-bond acceptors (Lipinski definition) is 6. The molecule has 0 aliphatic heterocycles. The topological polar surface area (TPSA) is 105 Å². The highest BCUT2D eigenvalue weighted by molar-refractivity contribution is 5.81. The summed E-state index contributed by atoms with van der Waals surface area (Å²) in [5, 5.41) is 21.4. The molecule has 1 atom stereocenters. The zero-order chi connectivity index (χ0) is 18.5. The van der Waals surface area contributed by atoms with E-state index in [0.717, 1.165) is 0 Å². The molecule has 8 nitrogen and oxygen atoms in total. The zero-order valence-corrected chi connectivity index (χ0v) is 14.6. The first-order valence-electron chi connectivity index (χ1n) is 7.41. The summed E-state index contributed by atoms with van der Waals surface area (Å²) in [6, 6.07) is 5.37. The molecule has 1 amide bonds. The van der Waals surface area contributed by atoms with Gasteiger partial charge in [0.25, 0.3) is 0 Å². The fourth-order valence-electron chi connectivity index (χ4n) is 1.94. The van der Waals surface area contributed by atoms with Gasteiger partial charge in [-0.3, -0.25) is 0 Å². The van der Waals surface area contributed by atoms with Crippen molar-refractivity contribution in [2.45, 2.75) is 38.8 Å². The van der Waals surface area contributed by atoms with Crippen molar-refractivity contribution in [3.63, 3.8) is 0 Å². The molecule has 8 heteroatoms. The van der Waals surface area contributed by atoms with Gasteiger partial charge in [0.1, 0.15) is 18.7 Å². The molecule has 0 radical (unpaired) electrons. The molecular weight excluding hydrogens is 316 g/mol. The van der Waals surface area contributed by atoms with Crippen molar-refractivity contribution >= 4 is 17.7 Å². The molecule has 0 bridgehead atoms. The molecule has 0 heterocycles. The van der Waals surface area contributed by atoms with E-state index in [2.05, 4.69) is 5.32 Å². The van der Waals surface area contributed by atoms with Crippen molar-refractivity contribution in [2.75, 3.05) is 14.2 Å². The van der Waals surface area contributed by atoms with Crippen molar-refractivity contribution < 1.29 is 29.5 Å². The van der Waals surface area contributed by atoms with Crippen LogP contribution in [-0.2, 0) is 20.7 Å². The maximum absolute atomic E-state index is 11.9.